The first-order chi connectivity index (χ1) is 10.3. The maximum atomic E-state index is 4.84. The third kappa shape index (κ3) is 4.84. The van der Waals surface area contributed by atoms with E-state index in [1.807, 2.05) is 0 Å². The molecule has 1 N–H and O–H groups in total. The molecule has 1 aromatic rings. The summed E-state index contributed by atoms with van der Waals surface area (Å²) in [6.07, 6.45) is 12.5. The molecule has 1 aliphatic carbocycles. The van der Waals surface area contributed by atoms with E-state index in [1.54, 1.807) is 0 Å². The Balaban J connectivity index is 1.93. The molecule has 0 bridgehead atoms. The van der Waals surface area contributed by atoms with Crippen LogP contribution in [0.3, 0.4) is 0 Å². The molecule has 0 spiro atoms. The van der Waals surface area contributed by atoms with Gasteiger partial charge in [0.2, 0.25) is 0 Å². The molecular weight excluding hydrogens is 258 g/mol. The van der Waals surface area contributed by atoms with Gasteiger partial charge in [-0.05, 0) is 50.6 Å². The number of nitrogens with one attached hydrogen (secondary N) is 1. The van der Waals surface area contributed by atoms with E-state index in [0.717, 1.165) is 24.9 Å². The van der Waals surface area contributed by atoms with Gasteiger partial charge in [-0.3, -0.25) is 4.68 Å². The Morgan fingerprint density at radius 1 is 1.24 bits per heavy atom. The fraction of sp³-hybridized carbons (Fsp3) is 0.833. The Morgan fingerprint density at radius 3 is 2.71 bits per heavy atom. The molecule has 0 aromatic carbocycles. The molecule has 1 aliphatic rings. The first kappa shape index (κ1) is 16.5. The normalized spacial score (nSPS) is 23.4. The summed E-state index contributed by atoms with van der Waals surface area (Å²) in [4.78, 5) is 0. The van der Waals surface area contributed by atoms with Crippen molar-refractivity contribution in [2.75, 3.05) is 6.54 Å². The number of aromatic nitrogens is 2. The number of nitrogens with zero attached hydrogens (tertiary/aromatic N) is 2. The summed E-state index contributed by atoms with van der Waals surface area (Å²) in [7, 11) is 0. The molecule has 3 heteroatoms. The summed E-state index contributed by atoms with van der Waals surface area (Å²) in [5.74, 6) is 0.807. The van der Waals surface area contributed by atoms with Gasteiger partial charge in [-0.25, -0.2) is 0 Å². The van der Waals surface area contributed by atoms with Crippen molar-refractivity contribution in [1.82, 2.24) is 15.1 Å². The lowest BCUT2D eigenvalue weighted by Crippen LogP contribution is -2.30. The van der Waals surface area contributed by atoms with Crippen LogP contribution >= 0.6 is 0 Å². The van der Waals surface area contributed by atoms with Crippen molar-refractivity contribution in [3.05, 3.63) is 18.0 Å². The van der Waals surface area contributed by atoms with Crippen molar-refractivity contribution in [1.29, 1.82) is 0 Å². The molecule has 120 valence electrons. The molecule has 0 saturated heterocycles. The van der Waals surface area contributed by atoms with E-state index < -0.39 is 0 Å². The minimum Gasteiger partial charge on any atom is -0.314 e. The molecule has 2 rings (SSSR count). The average Bonchev–Trinajstić information content (AvgIpc) is 2.81. The van der Waals surface area contributed by atoms with Gasteiger partial charge < -0.3 is 5.32 Å². The molecule has 0 radical (unpaired) electrons. The predicted molar refractivity (Wildman–Crippen MR) is 89.6 cm³/mol. The van der Waals surface area contributed by atoms with Gasteiger partial charge in [0.05, 0.1) is 11.7 Å². The Hall–Kier alpha value is -0.830. The second-order valence-corrected chi connectivity index (χ2v) is 6.60. The highest BCUT2D eigenvalue weighted by molar-refractivity contribution is 5.01. The van der Waals surface area contributed by atoms with Crippen LogP contribution in [-0.4, -0.2) is 22.4 Å². The average molecular weight is 291 g/mol. The molecule has 2 unspecified atom stereocenters. The lowest BCUT2D eigenvalue weighted by molar-refractivity contribution is 0.381. The van der Waals surface area contributed by atoms with Crippen LogP contribution in [0.25, 0.3) is 0 Å². The zero-order valence-electron chi connectivity index (χ0n) is 14.1. The first-order valence-corrected chi connectivity index (χ1v) is 9.04. The standard InChI is InChI=1S/C18H33N3/c1-4-18(5-2)21-12-11-17(20-21)14-15-9-7-8-10-16(13-15)19-6-3/h11-12,15-16,18-19H,4-10,13-14H2,1-3H3. The van der Waals surface area contributed by atoms with E-state index in [-0.39, 0.29) is 0 Å². The lowest BCUT2D eigenvalue weighted by Gasteiger charge is -2.20. The van der Waals surface area contributed by atoms with Crippen LogP contribution in [0.4, 0.5) is 0 Å². The number of rotatable bonds is 7. The molecule has 3 nitrogen and oxygen atoms in total. The van der Waals surface area contributed by atoms with E-state index >= 15 is 0 Å². The largest absolute Gasteiger partial charge is 0.314 e. The van der Waals surface area contributed by atoms with Gasteiger partial charge in [-0.2, -0.15) is 5.10 Å². The van der Waals surface area contributed by atoms with Crippen molar-refractivity contribution in [3.63, 3.8) is 0 Å². The Labute approximate surface area is 130 Å². The highest BCUT2D eigenvalue weighted by atomic mass is 15.3. The van der Waals surface area contributed by atoms with Crippen LogP contribution in [0.1, 0.15) is 77.5 Å². The third-order valence-electron chi connectivity index (χ3n) is 5.00. The fourth-order valence-electron chi connectivity index (χ4n) is 3.77. The summed E-state index contributed by atoms with van der Waals surface area (Å²) < 4.78 is 2.19. The topological polar surface area (TPSA) is 29.9 Å². The zero-order chi connectivity index (χ0) is 15.1. The smallest absolute Gasteiger partial charge is 0.0627 e. The highest BCUT2D eigenvalue weighted by Gasteiger charge is 2.21. The molecule has 1 saturated carbocycles. The number of hydrogen-bond donors (Lipinski definition) is 1. The predicted octanol–water partition coefficient (Wildman–Crippen LogP) is 4.35. The van der Waals surface area contributed by atoms with Gasteiger partial charge in [0, 0.05) is 12.2 Å². The zero-order valence-corrected chi connectivity index (χ0v) is 14.1. The monoisotopic (exact) mass is 291 g/mol. The summed E-state index contributed by atoms with van der Waals surface area (Å²) in [5.41, 5.74) is 1.30. The SMILES string of the molecule is CCNC1CCCCC(Cc2ccn(C(CC)CC)n2)C1. The van der Waals surface area contributed by atoms with E-state index in [4.69, 9.17) is 5.10 Å². The quantitative estimate of drug-likeness (QED) is 0.757. The lowest BCUT2D eigenvalue weighted by atomic mass is 9.93. The van der Waals surface area contributed by atoms with Crippen LogP contribution < -0.4 is 5.32 Å². The molecule has 1 aromatic heterocycles. The Morgan fingerprint density at radius 2 is 2.00 bits per heavy atom. The summed E-state index contributed by atoms with van der Waals surface area (Å²) in [6, 6.07) is 3.54. The molecular formula is C18H33N3. The van der Waals surface area contributed by atoms with E-state index in [1.165, 1.54) is 50.6 Å². The summed E-state index contributed by atoms with van der Waals surface area (Å²) >= 11 is 0. The van der Waals surface area contributed by atoms with Gasteiger partial charge in [0.1, 0.15) is 0 Å². The molecule has 2 atom stereocenters. The molecule has 0 amide bonds. The maximum absolute atomic E-state index is 4.84. The second-order valence-electron chi connectivity index (χ2n) is 6.60. The Kier molecular flexibility index (Phi) is 6.75. The molecule has 21 heavy (non-hydrogen) atoms. The van der Waals surface area contributed by atoms with E-state index in [9.17, 15) is 0 Å². The molecule has 1 heterocycles. The van der Waals surface area contributed by atoms with E-state index in [2.05, 4.69) is 43.0 Å². The van der Waals surface area contributed by atoms with Gasteiger partial charge in [-0.1, -0.05) is 40.0 Å². The Bertz CT molecular complexity index is 395. The minimum absolute atomic E-state index is 0.572. The second kappa shape index (κ2) is 8.57. The van der Waals surface area contributed by atoms with Crippen LogP contribution in [0.5, 0.6) is 0 Å². The fourth-order valence-corrected chi connectivity index (χ4v) is 3.77. The van der Waals surface area contributed by atoms with Crippen molar-refractivity contribution < 1.29 is 0 Å². The highest BCUT2D eigenvalue weighted by Crippen LogP contribution is 2.26. The molecule has 0 aliphatic heterocycles. The van der Waals surface area contributed by atoms with Gasteiger partial charge >= 0.3 is 0 Å². The van der Waals surface area contributed by atoms with Crippen LogP contribution in [-0.2, 0) is 6.42 Å². The van der Waals surface area contributed by atoms with Crippen LogP contribution in [0, 0.1) is 5.92 Å². The van der Waals surface area contributed by atoms with E-state index in [0.29, 0.717) is 6.04 Å². The maximum Gasteiger partial charge on any atom is 0.0627 e. The van der Waals surface area contributed by atoms with Crippen molar-refractivity contribution in [2.45, 2.75) is 84.2 Å². The number of hydrogen-bond acceptors (Lipinski definition) is 2. The van der Waals surface area contributed by atoms with Gasteiger partial charge in [-0.15, -0.1) is 0 Å². The molecule has 1 fully saturated rings. The third-order valence-corrected chi connectivity index (χ3v) is 5.00. The first-order valence-electron chi connectivity index (χ1n) is 9.04. The van der Waals surface area contributed by atoms with Gasteiger partial charge in [0.15, 0.2) is 0 Å². The van der Waals surface area contributed by atoms with Crippen LogP contribution in [0.15, 0.2) is 12.3 Å². The van der Waals surface area contributed by atoms with Gasteiger partial charge in [0.25, 0.3) is 0 Å². The summed E-state index contributed by atoms with van der Waals surface area (Å²) in [6.45, 7) is 7.82. The van der Waals surface area contributed by atoms with Crippen molar-refractivity contribution in [3.8, 4) is 0 Å². The summed E-state index contributed by atoms with van der Waals surface area (Å²) in [5, 5.41) is 8.50. The minimum atomic E-state index is 0.572. The van der Waals surface area contributed by atoms with Crippen molar-refractivity contribution >= 4 is 0 Å². The van der Waals surface area contributed by atoms with Crippen molar-refractivity contribution in [2.24, 2.45) is 5.92 Å². The van der Waals surface area contributed by atoms with Crippen LogP contribution in [0.2, 0.25) is 0 Å².